The van der Waals surface area contributed by atoms with Crippen LogP contribution in [0.25, 0.3) is 0 Å². The first-order chi connectivity index (χ1) is 11.7. The summed E-state index contributed by atoms with van der Waals surface area (Å²) in [5.41, 5.74) is 1.81. The van der Waals surface area contributed by atoms with E-state index >= 15 is 0 Å². The van der Waals surface area contributed by atoms with Gasteiger partial charge in [0.1, 0.15) is 0 Å². The van der Waals surface area contributed by atoms with E-state index in [0.29, 0.717) is 16.9 Å². The number of hydrogen-bond donors (Lipinski definition) is 3. The molecule has 6 heteroatoms. The fraction of sp³-hybridized carbons (Fsp3) is 0.278. The van der Waals surface area contributed by atoms with Gasteiger partial charge in [-0.05, 0) is 56.3 Å². The highest BCUT2D eigenvalue weighted by Gasteiger charge is 2.21. The van der Waals surface area contributed by atoms with Crippen molar-refractivity contribution in [3.8, 4) is 0 Å². The van der Waals surface area contributed by atoms with E-state index in [1.807, 2.05) is 0 Å². The summed E-state index contributed by atoms with van der Waals surface area (Å²) < 4.78 is 0. The second kappa shape index (κ2) is 7.70. The van der Waals surface area contributed by atoms with Gasteiger partial charge in [-0.15, -0.1) is 0 Å². The summed E-state index contributed by atoms with van der Waals surface area (Å²) in [4.78, 5) is 28.5. The zero-order chi connectivity index (χ0) is 16.8. The molecule has 0 aliphatic carbocycles. The van der Waals surface area contributed by atoms with Gasteiger partial charge in [0, 0.05) is 35.2 Å². The monoisotopic (exact) mass is 324 g/mol. The van der Waals surface area contributed by atoms with Crippen molar-refractivity contribution in [1.82, 2.24) is 10.3 Å². The third-order valence-electron chi connectivity index (χ3n) is 4.04. The van der Waals surface area contributed by atoms with Crippen molar-refractivity contribution < 1.29 is 9.59 Å². The number of piperidine rings is 1. The third-order valence-corrected chi connectivity index (χ3v) is 4.04. The molecule has 1 aliphatic heterocycles. The molecule has 2 heterocycles. The maximum absolute atomic E-state index is 12.3. The Hall–Kier alpha value is -2.73. The van der Waals surface area contributed by atoms with Crippen LogP contribution in [0.15, 0.2) is 48.8 Å². The van der Waals surface area contributed by atoms with Gasteiger partial charge in [0.2, 0.25) is 5.91 Å². The molecule has 1 aromatic heterocycles. The van der Waals surface area contributed by atoms with Gasteiger partial charge in [-0.25, -0.2) is 0 Å². The van der Waals surface area contributed by atoms with Crippen molar-refractivity contribution in [1.29, 1.82) is 0 Å². The quantitative estimate of drug-likeness (QED) is 0.806. The summed E-state index contributed by atoms with van der Waals surface area (Å²) in [5.74, 6) is -0.178. The Labute approximate surface area is 140 Å². The van der Waals surface area contributed by atoms with E-state index in [0.717, 1.165) is 25.9 Å². The zero-order valence-electron chi connectivity index (χ0n) is 13.3. The highest BCUT2D eigenvalue weighted by Crippen LogP contribution is 2.17. The van der Waals surface area contributed by atoms with Gasteiger partial charge in [-0.2, -0.15) is 0 Å². The van der Waals surface area contributed by atoms with Crippen molar-refractivity contribution in [2.24, 2.45) is 5.92 Å². The van der Waals surface area contributed by atoms with E-state index in [2.05, 4.69) is 20.9 Å². The first kappa shape index (κ1) is 16.1. The summed E-state index contributed by atoms with van der Waals surface area (Å²) in [7, 11) is 0. The average Bonchev–Trinajstić information content (AvgIpc) is 2.63. The number of pyridine rings is 1. The number of hydrogen-bond acceptors (Lipinski definition) is 4. The summed E-state index contributed by atoms with van der Waals surface area (Å²) in [5, 5.41) is 8.96. The lowest BCUT2D eigenvalue weighted by atomic mass is 9.97. The Balaban J connectivity index is 1.65. The number of nitrogens with zero attached hydrogens (tertiary/aromatic N) is 1. The zero-order valence-corrected chi connectivity index (χ0v) is 13.3. The Bertz CT molecular complexity index is 712. The molecular formula is C18H20N4O2. The van der Waals surface area contributed by atoms with Crippen LogP contribution in [0.4, 0.5) is 11.4 Å². The van der Waals surface area contributed by atoms with Gasteiger partial charge >= 0.3 is 0 Å². The van der Waals surface area contributed by atoms with Crippen LogP contribution in [-0.2, 0) is 4.79 Å². The lowest BCUT2D eigenvalue weighted by Gasteiger charge is -2.21. The number of carbonyl (C=O) groups is 2. The van der Waals surface area contributed by atoms with E-state index in [1.165, 1.54) is 0 Å². The molecule has 24 heavy (non-hydrogen) atoms. The van der Waals surface area contributed by atoms with E-state index in [1.54, 1.807) is 48.8 Å². The Morgan fingerprint density at radius 3 is 2.50 bits per heavy atom. The second-order valence-corrected chi connectivity index (χ2v) is 5.78. The maximum Gasteiger partial charge on any atom is 0.255 e. The summed E-state index contributed by atoms with van der Waals surface area (Å²) in [6.45, 7) is 1.74. The number of aromatic nitrogens is 1. The molecule has 6 nitrogen and oxygen atoms in total. The number of amides is 2. The number of rotatable bonds is 4. The fourth-order valence-corrected chi connectivity index (χ4v) is 2.71. The van der Waals surface area contributed by atoms with Crippen LogP contribution in [0, 0.1) is 5.92 Å². The molecule has 1 saturated heterocycles. The highest BCUT2D eigenvalue weighted by molar-refractivity contribution is 6.05. The van der Waals surface area contributed by atoms with Crippen molar-refractivity contribution in [3.63, 3.8) is 0 Å². The lowest BCUT2D eigenvalue weighted by molar-refractivity contribution is -0.120. The number of carbonyl (C=O) groups excluding carboxylic acids is 2. The van der Waals surface area contributed by atoms with Crippen molar-refractivity contribution in [3.05, 3.63) is 54.4 Å². The predicted molar refractivity (Wildman–Crippen MR) is 92.9 cm³/mol. The molecule has 2 amide bonds. The van der Waals surface area contributed by atoms with Gasteiger partial charge in [0.05, 0.1) is 0 Å². The molecule has 0 radical (unpaired) electrons. The maximum atomic E-state index is 12.3. The molecule has 124 valence electrons. The SMILES string of the molecule is O=C(Nc1ccncc1)c1cccc(NC(=O)C2CCNCC2)c1. The van der Waals surface area contributed by atoms with Gasteiger partial charge < -0.3 is 16.0 Å². The second-order valence-electron chi connectivity index (χ2n) is 5.78. The smallest absolute Gasteiger partial charge is 0.255 e. The molecule has 1 aliphatic rings. The van der Waals surface area contributed by atoms with Crippen LogP contribution in [0.2, 0.25) is 0 Å². The van der Waals surface area contributed by atoms with Crippen molar-refractivity contribution in [2.75, 3.05) is 23.7 Å². The Morgan fingerprint density at radius 1 is 1.00 bits per heavy atom. The predicted octanol–water partition coefficient (Wildman–Crippen LogP) is 2.27. The van der Waals surface area contributed by atoms with E-state index < -0.39 is 0 Å². The van der Waals surface area contributed by atoms with Crippen LogP contribution in [0.5, 0.6) is 0 Å². The van der Waals surface area contributed by atoms with Gasteiger partial charge in [0.15, 0.2) is 0 Å². The molecule has 0 saturated carbocycles. The first-order valence-corrected chi connectivity index (χ1v) is 8.05. The van der Waals surface area contributed by atoms with E-state index in [9.17, 15) is 9.59 Å². The number of benzene rings is 1. The molecule has 0 atom stereocenters. The molecule has 2 aromatic rings. The third kappa shape index (κ3) is 4.17. The molecule has 3 N–H and O–H groups in total. The van der Waals surface area contributed by atoms with Gasteiger partial charge in [0.25, 0.3) is 5.91 Å². The minimum atomic E-state index is -0.223. The van der Waals surface area contributed by atoms with Crippen molar-refractivity contribution >= 4 is 23.2 Å². The molecule has 0 spiro atoms. The largest absolute Gasteiger partial charge is 0.326 e. The summed E-state index contributed by atoms with van der Waals surface area (Å²) in [6.07, 6.45) is 4.92. The van der Waals surface area contributed by atoms with Crippen LogP contribution < -0.4 is 16.0 Å². The van der Waals surface area contributed by atoms with Crippen molar-refractivity contribution in [2.45, 2.75) is 12.8 Å². The standard InChI is InChI=1S/C18H20N4O2/c23-17(13-4-8-19-9-5-13)22-16-3-1-2-14(12-16)18(24)21-15-6-10-20-11-7-15/h1-3,6-7,10-13,19H,4-5,8-9H2,(H,22,23)(H,20,21,24). The van der Waals surface area contributed by atoms with Crippen LogP contribution in [0.1, 0.15) is 23.2 Å². The normalized spacial score (nSPS) is 14.8. The molecule has 3 rings (SSSR count). The van der Waals surface area contributed by atoms with Crippen LogP contribution >= 0.6 is 0 Å². The van der Waals surface area contributed by atoms with Gasteiger partial charge in [-0.3, -0.25) is 14.6 Å². The molecular weight excluding hydrogens is 304 g/mol. The van der Waals surface area contributed by atoms with E-state index in [4.69, 9.17) is 0 Å². The van der Waals surface area contributed by atoms with Gasteiger partial charge in [-0.1, -0.05) is 6.07 Å². The minimum absolute atomic E-state index is 0.0168. The highest BCUT2D eigenvalue weighted by atomic mass is 16.2. The Kier molecular flexibility index (Phi) is 5.18. The minimum Gasteiger partial charge on any atom is -0.326 e. The van der Waals surface area contributed by atoms with Crippen LogP contribution in [0.3, 0.4) is 0 Å². The number of nitrogens with one attached hydrogen (secondary N) is 3. The summed E-state index contributed by atoms with van der Waals surface area (Å²) >= 11 is 0. The number of anilines is 2. The van der Waals surface area contributed by atoms with Crippen LogP contribution in [-0.4, -0.2) is 29.9 Å². The lowest BCUT2D eigenvalue weighted by Crippen LogP contribution is -2.34. The molecule has 1 fully saturated rings. The topological polar surface area (TPSA) is 83.1 Å². The average molecular weight is 324 g/mol. The summed E-state index contributed by atoms with van der Waals surface area (Å²) in [6, 6.07) is 10.4. The van der Waals surface area contributed by atoms with E-state index in [-0.39, 0.29) is 17.7 Å². The molecule has 0 bridgehead atoms. The fourth-order valence-electron chi connectivity index (χ4n) is 2.71. The molecule has 1 aromatic carbocycles. The molecule has 0 unspecified atom stereocenters. The first-order valence-electron chi connectivity index (χ1n) is 8.05. The Morgan fingerprint density at radius 2 is 1.75 bits per heavy atom.